The van der Waals surface area contributed by atoms with E-state index in [1.54, 1.807) is 0 Å². The van der Waals surface area contributed by atoms with Crippen LogP contribution in [0.2, 0.25) is 17.3 Å². The summed E-state index contributed by atoms with van der Waals surface area (Å²) in [4.78, 5) is 9.67. The number of hydrogen-bond donors (Lipinski definition) is 0. The van der Waals surface area contributed by atoms with Crippen LogP contribution in [-0.4, -0.2) is 27.8 Å². The summed E-state index contributed by atoms with van der Waals surface area (Å²) in [5.74, 6) is 8.16. The maximum absolute atomic E-state index is 6.24. The first-order valence-corrected chi connectivity index (χ1v) is 24.2. The number of fused-ring (bicyclic) bond motifs is 4. The Kier molecular flexibility index (Phi) is 10.3. The van der Waals surface area contributed by atoms with E-state index >= 15 is 0 Å². The summed E-state index contributed by atoms with van der Waals surface area (Å²) in [6.45, 7) is 6.92. The molecule has 1 radical (unpaired) electrons. The molecule has 0 saturated carbocycles. The van der Waals surface area contributed by atoms with Gasteiger partial charge < -0.3 is 8.98 Å². The Morgan fingerprint density at radius 2 is 1.48 bits per heavy atom. The Hall–Kier alpha value is -4.29. The van der Waals surface area contributed by atoms with Crippen molar-refractivity contribution in [1.29, 1.82) is 0 Å². The Balaban J connectivity index is 0.000000177. The molecule has 0 aliphatic carbocycles. The van der Waals surface area contributed by atoms with Gasteiger partial charge in [0.15, 0.2) is 0 Å². The monoisotopic (exact) mass is 894 g/mol. The van der Waals surface area contributed by atoms with Crippen molar-refractivity contribution in [2.24, 2.45) is 5.41 Å². The third-order valence-corrected chi connectivity index (χ3v) is 13.0. The van der Waals surface area contributed by atoms with E-state index < -0.39 is 13.3 Å². The van der Waals surface area contributed by atoms with Crippen molar-refractivity contribution < 1.29 is 24.5 Å². The van der Waals surface area contributed by atoms with Gasteiger partial charge in [-0.1, -0.05) is 59.5 Å². The molecule has 6 heteroatoms. The molecule has 253 valence electrons. The summed E-state index contributed by atoms with van der Waals surface area (Å²) in [5.41, 5.74) is 9.54. The van der Waals surface area contributed by atoms with Crippen LogP contribution in [0.4, 0.5) is 0 Å². The molecular weight excluding hydrogens is 851 g/mol. The Bertz CT molecular complexity index is 2380. The van der Waals surface area contributed by atoms with E-state index in [-0.39, 0.29) is 20.1 Å². The Labute approximate surface area is 311 Å². The van der Waals surface area contributed by atoms with Gasteiger partial charge in [0.1, 0.15) is 5.58 Å². The van der Waals surface area contributed by atoms with E-state index in [1.807, 2.05) is 78.9 Å². The van der Waals surface area contributed by atoms with Gasteiger partial charge in [0.2, 0.25) is 0 Å². The van der Waals surface area contributed by atoms with Crippen molar-refractivity contribution >= 4 is 50.6 Å². The van der Waals surface area contributed by atoms with E-state index in [4.69, 9.17) is 14.4 Å². The maximum Gasteiger partial charge on any atom is 0.120 e. The molecule has 0 fully saturated rings. The molecule has 0 unspecified atom stereocenters. The molecule has 3 aromatic heterocycles. The second-order valence-corrected chi connectivity index (χ2v) is 25.4. The minimum atomic E-state index is -1.90. The van der Waals surface area contributed by atoms with Crippen LogP contribution in [0.5, 0.6) is 0 Å². The van der Waals surface area contributed by atoms with E-state index in [9.17, 15) is 0 Å². The molecule has 0 bridgehead atoms. The molecular formula is C44H41GeIrN3O-2. The number of imidazole rings is 1. The van der Waals surface area contributed by atoms with Crippen molar-refractivity contribution in [2.45, 2.75) is 44.5 Å². The summed E-state index contributed by atoms with van der Waals surface area (Å²) in [6.07, 6.45) is 3.24. The van der Waals surface area contributed by atoms with E-state index in [0.29, 0.717) is 5.41 Å². The quantitative estimate of drug-likeness (QED) is 0.128. The fourth-order valence-electron chi connectivity index (χ4n) is 6.48. The molecule has 5 aromatic carbocycles. The van der Waals surface area contributed by atoms with Gasteiger partial charge in [-0.05, 0) is 30.3 Å². The van der Waals surface area contributed by atoms with Gasteiger partial charge in [-0.2, -0.15) is 0 Å². The standard InChI is InChI=1S/C25H15N2O.C19H26GeN.Ir/c1-2-9-17(10-3-1)27-22-15-6-5-14-21(22)26-25(27)20-13-8-12-19-18-11-4-7-16-23(18)28-24(19)20;1-19(2,3)13-16-12-18(15-10-8-7-9-11-15)21-14-17(16)20(4,5)6;/h1-12,14-16H;7-10,12,14H,13H2,1-6H3;/q2*-1;. The number of aromatic nitrogens is 3. The predicted octanol–water partition coefficient (Wildman–Crippen LogP) is 11.1. The molecule has 4 nitrogen and oxygen atoms in total. The van der Waals surface area contributed by atoms with Gasteiger partial charge in [-0.15, -0.1) is 18.2 Å². The van der Waals surface area contributed by atoms with E-state index in [0.717, 1.165) is 67.7 Å². The van der Waals surface area contributed by atoms with Crippen LogP contribution in [0.1, 0.15) is 26.3 Å². The maximum atomic E-state index is 6.24. The molecule has 0 aliphatic heterocycles. The first kappa shape index (κ1) is 35.5. The average molecular weight is 893 g/mol. The normalized spacial score (nSPS) is 11.7. The second kappa shape index (κ2) is 14.5. The SMILES string of the molecule is CC(C)(C)Cc1cc(-c2[c-]cccc2)nc[c]1[Ge]([CH3])([CH3])[CH3].[Ir].[c-]1ccc2c(oc3ccccc32)c1-c1nc2ccccc2n1-c1ccccc1. The number of hydrogen-bond acceptors (Lipinski definition) is 3. The zero-order chi connectivity index (χ0) is 34.2. The van der Waals surface area contributed by atoms with Gasteiger partial charge in [-0.25, -0.2) is 0 Å². The Morgan fingerprint density at radius 3 is 2.22 bits per heavy atom. The van der Waals surface area contributed by atoms with Crippen molar-refractivity contribution in [3.05, 3.63) is 145 Å². The van der Waals surface area contributed by atoms with Gasteiger partial charge in [-0.3, -0.25) is 4.98 Å². The van der Waals surface area contributed by atoms with Crippen molar-refractivity contribution in [3.63, 3.8) is 0 Å². The third-order valence-electron chi connectivity index (χ3n) is 8.64. The van der Waals surface area contributed by atoms with Gasteiger partial charge >= 0.3 is 132 Å². The van der Waals surface area contributed by atoms with E-state index in [1.165, 1.54) is 9.96 Å². The fraction of sp³-hybridized carbons (Fsp3) is 0.182. The van der Waals surface area contributed by atoms with Crippen molar-refractivity contribution in [2.75, 3.05) is 0 Å². The summed E-state index contributed by atoms with van der Waals surface area (Å²) in [5, 5.41) is 2.19. The van der Waals surface area contributed by atoms with Gasteiger partial charge in [0.25, 0.3) is 0 Å². The summed E-state index contributed by atoms with van der Waals surface area (Å²) in [6, 6.07) is 47.7. The van der Waals surface area contributed by atoms with Crippen molar-refractivity contribution in [1.82, 2.24) is 14.5 Å². The molecule has 0 spiro atoms. The van der Waals surface area contributed by atoms with Crippen LogP contribution < -0.4 is 4.40 Å². The number of furan rings is 1. The average Bonchev–Trinajstić information content (AvgIpc) is 3.67. The largest absolute Gasteiger partial charge is 0.501 e. The smallest absolute Gasteiger partial charge is 0.120 e. The molecule has 0 aliphatic rings. The molecule has 8 rings (SSSR count). The number of pyridine rings is 1. The minimum Gasteiger partial charge on any atom is -0.501 e. The second-order valence-electron chi connectivity index (χ2n) is 14.8. The van der Waals surface area contributed by atoms with Crippen LogP contribution >= 0.6 is 0 Å². The summed E-state index contributed by atoms with van der Waals surface area (Å²) < 4.78 is 9.95. The molecule has 0 amide bonds. The zero-order valence-corrected chi connectivity index (χ0v) is 33.9. The van der Waals surface area contributed by atoms with Crippen LogP contribution in [-0.2, 0) is 26.5 Å². The molecule has 0 saturated heterocycles. The molecule has 3 heterocycles. The summed E-state index contributed by atoms with van der Waals surface area (Å²) in [7, 11) is 0. The van der Waals surface area contributed by atoms with Crippen LogP contribution in [0.25, 0.3) is 61.3 Å². The number of rotatable bonds is 5. The van der Waals surface area contributed by atoms with Gasteiger partial charge in [0, 0.05) is 31.2 Å². The first-order chi connectivity index (χ1) is 23.6. The Morgan fingerprint density at radius 1 is 0.760 bits per heavy atom. The van der Waals surface area contributed by atoms with Crippen molar-refractivity contribution in [3.8, 4) is 28.3 Å². The first-order valence-electron chi connectivity index (χ1n) is 16.9. The molecule has 50 heavy (non-hydrogen) atoms. The van der Waals surface area contributed by atoms with E-state index in [2.05, 4.69) is 103 Å². The minimum absolute atomic E-state index is 0. The number of benzene rings is 5. The molecule has 0 atom stereocenters. The van der Waals surface area contributed by atoms with Crippen LogP contribution in [0.15, 0.2) is 132 Å². The van der Waals surface area contributed by atoms with Gasteiger partial charge in [0.05, 0.1) is 22.4 Å². The molecule has 8 aromatic rings. The molecule has 0 N–H and O–H groups in total. The predicted molar refractivity (Wildman–Crippen MR) is 207 cm³/mol. The van der Waals surface area contributed by atoms with Crippen LogP contribution in [0.3, 0.4) is 0 Å². The zero-order valence-electron chi connectivity index (χ0n) is 29.4. The third kappa shape index (κ3) is 7.41. The van der Waals surface area contributed by atoms with Crippen LogP contribution in [0, 0.1) is 17.5 Å². The summed E-state index contributed by atoms with van der Waals surface area (Å²) >= 11 is -1.90. The number of para-hydroxylation sites is 4. The topological polar surface area (TPSA) is 43.9 Å². The fourth-order valence-corrected chi connectivity index (χ4v) is 9.78. The number of nitrogens with zero attached hydrogens (tertiary/aromatic N) is 3.